The van der Waals surface area contributed by atoms with Gasteiger partial charge in [-0.25, -0.2) is 4.39 Å². The highest BCUT2D eigenvalue weighted by Gasteiger charge is 2.26. The van der Waals surface area contributed by atoms with E-state index in [2.05, 4.69) is 17.6 Å². The maximum absolute atomic E-state index is 13.7. The van der Waals surface area contributed by atoms with Crippen molar-refractivity contribution in [1.29, 1.82) is 0 Å². The minimum Gasteiger partial charge on any atom is -0.350 e. The van der Waals surface area contributed by atoms with Gasteiger partial charge in [-0.3, -0.25) is 9.59 Å². The first-order valence-corrected chi connectivity index (χ1v) is 8.46. The molecule has 0 aliphatic rings. The average Bonchev–Trinajstić information content (AvgIpc) is 2.56. The molecule has 1 aromatic rings. The van der Waals surface area contributed by atoms with E-state index in [1.165, 1.54) is 18.2 Å². The highest BCUT2D eigenvalue weighted by molar-refractivity contribution is 5.97. The van der Waals surface area contributed by atoms with Crippen molar-refractivity contribution in [3.8, 4) is 0 Å². The minimum atomic E-state index is -0.743. The molecule has 1 rings (SSSR count). The fraction of sp³-hybridized carbons (Fsp3) is 0.556. The molecular weight excluding hydrogens is 309 g/mol. The van der Waals surface area contributed by atoms with Crippen LogP contribution in [0.5, 0.6) is 0 Å². The molecule has 4 N–H and O–H groups in total. The molecule has 0 fully saturated rings. The Bertz CT molecular complexity index is 549. The molecule has 6 heteroatoms. The van der Waals surface area contributed by atoms with Gasteiger partial charge in [0.2, 0.25) is 5.91 Å². The van der Waals surface area contributed by atoms with E-state index < -0.39 is 17.8 Å². The highest BCUT2D eigenvalue weighted by atomic mass is 19.1. The van der Waals surface area contributed by atoms with Gasteiger partial charge in [0.15, 0.2) is 0 Å². The monoisotopic (exact) mass is 337 g/mol. The van der Waals surface area contributed by atoms with Crippen molar-refractivity contribution in [1.82, 2.24) is 10.6 Å². The first-order valence-electron chi connectivity index (χ1n) is 8.46. The molecule has 0 spiro atoms. The minimum absolute atomic E-state index is 0.0719. The summed E-state index contributed by atoms with van der Waals surface area (Å²) in [6, 6.07) is 4.84. The number of nitrogens with one attached hydrogen (secondary N) is 2. The number of rotatable bonds is 9. The topological polar surface area (TPSA) is 84.2 Å². The van der Waals surface area contributed by atoms with Crippen LogP contribution >= 0.6 is 0 Å². The summed E-state index contributed by atoms with van der Waals surface area (Å²) in [7, 11) is 0. The summed E-state index contributed by atoms with van der Waals surface area (Å²) in [6.45, 7) is 6.07. The predicted molar refractivity (Wildman–Crippen MR) is 93.0 cm³/mol. The summed E-state index contributed by atoms with van der Waals surface area (Å²) in [5.41, 5.74) is 5.63. The fourth-order valence-corrected chi connectivity index (χ4v) is 2.39. The molecule has 0 radical (unpaired) electrons. The number of benzene rings is 1. The summed E-state index contributed by atoms with van der Waals surface area (Å²) in [5.74, 6) is -1.63. The number of hydrogen-bond acceptors (Lipinski definition) is 3. The Hall–Kier alpha value is -1.95. The number of carbonyl (C=O) groups is 2. The Morgan fingerprint density at radius 2 is 1.88 bits per heavy atom. The van der Waals surface area contributed by atoms with Gasteiger partial charge in [0.25, 0.3) is 5.91 Å². The van der Waals surface area contributed by atoms with Crippen molar-refractivity contribution in [2.75, 3.05) is 6.54 Å². The SMILES string of the molecule is CCCCC(CN)NC(=O)C(NC(=O)c1ccccc1F)C(C)C. The number of unbranched alkanes of at least 4 members (excludes halogenated alkanes) is 1. The molecule has 2 atom stereocenters. The second kappa shape index (κ2) is 10.0. The fourth-order valence-electron chi connectivity index (χ4n) is 2.39. The molecule has 0 heterocycles. The number of halogens is 1. The van der Waals surface area contributed by atoms with Gasteiger partial charge in [-0.1, -0.05) is 45.7 Å². The van der Waals surface area contributed by atoms with E-state index in [1.54, 1.807) is 6.07 Å². The van der Waals surface area contributed by atoms with Crippen LogP contribution in [-0.4, -0.2) is 30.4 Å². The number of hydrogen-bond donors (Lipinski definition) is 3. The maximum atomic E-state index is 13.7. The van der Waals surface area contributed by atoms with Crippen LogP contribution in [0.1, 0.15) is 50.4 Å². The zero-order valence-corrected chi connectivity index (χ0v) is 14.6. The van der Waals surface area contributed by atoms with E-state index in [0.29, 0.717) is 6.54 Å². The Labute approximate surface area is 143 Å². The number of carbonyl (C=O) groups excluding carboxylic acids is 2. The predicted octanol–water partition coefficient (Wildman–Crippen LogP) is 2.21. The van der Waals surface area contributed by atoms with Gasteiger partial charge in [-0.2, -0.15) is 0 Å². The first-order chi connectivity index (χ1) is 11.4. The van der Waals surface area contributed by atoms with Crippen LogP contribution in [0.3, 0.4) is 0 Å². The van der Waals surface area contributed by atoms with Crippen molar-refractivity contribution in [2.45, 2.75) is 52.1 Å². The quantitative estimate of drug-likeness (QED) is 0.646. The van der Waals surface area contributed by atoms with Crippen LogP contribution in [-0.2, 0) is 4.79 Å². The molecule has 2 unspecified atom stereocenters. The molecule has 24 heavy (non-hydrogen) atoms. The summed E-state index contributed by atoms with van der Waals surface area (Å²) in [5, 5.41) is 5.51. The van der Waals surface area contributed by atoms with E-state index in [9.17, 15) is 14.0 Å². The molecule has 0 saturated heterocycles. The lowest BCUT2D eigenvalue weighted by Gasteiger charge is -2.25. The lowest BCUT2D eigenvalue weighted by Crippen LogP contribution is -2.53. The second-order valence-corrected chi connectivity index (χ2v) is 6.26. The number of amides is 2. The van der Waals surface area contributed by atoms with E-state index in [0.717, 1.165) is 19.3 Å². The molecule has 0 saturated carbocycles. The largest absolute Gasteiger partial charge is 0.350 e. The summed E-state index contributed by atoms with van der Waals surface area (Å²) in [6.07, 6.45) is 2.78. The number of nitrogens with two attached hydrogens (primary N) is 1. The second-order valence-electron chi connectivity index (χ2n) is 6.26. The smallest absolute Gasteiger partial charge is 0.254 e. The zero-order chi connectivity index (χ0) is 18.1. The van der Waals surface area contributed by atoms with Crippen molar-refractivity contribution < 1.29 is 14.0 Å². The summed E-state index contributed by atoms with van der Waals surface area (Å²) in [4.78, 5) is 24.8. The standard InChI is InChI=1S/C18H28FN3O2/c1-4-5-8-13(11-20)21-18(24)16(12(2)3)22-17(23)14-9-6-7-10-15(14)19/h6-7,9-10,12-13,16H,4-5,8,11,20H2,1-3H3,(H,21,24)(H,22,23). The van der Waals surface area contributed by atoms with Crippen LogP contribution in [0.25, 0.3) is 0 Å². The van der Waals surface area contributed by atoms with Crippen LogP contribution in [0, 0.1) is 11.7 Å². The van der Waals surface area contributed by atoms with Gasteiger partial charge in [0, 0.05) is 12.6 Å². The Kier molecular flexibility index (Phi) is 8.40. The Morgan fingerprint density at radius 1 is 1.21 bits per heavy atom. The molecule has 0 aliphatic heterocycles. The van der Waals surface area contributed by atoms with Gasteiger partial charge in [-0.05, 0) is 24.5 Å². The Morgan fingerprint density at radius 3 is 2.42 bits per heavy atom. The maximum Gasteiger partial charge on any atom is 0.254 e. The van der Waals surface area contributed by atoms with E-state index in [4.69, 9.17) is 5.73 Å². The third-order valence-electron chi connectivity index (χ3n) is 3.89. The molecule has 2 amide bonds. The molecule has 5 nitrogen and oxygen atoms in total. The molecule has 0 aliphatic carbocycles. The van der Waals surface area contributed by atoms with E-state index >= 15 is 0 Å². The van der Waals surface area contributed by atoms with Crippen molar-refractivity contribution >= 4 is 11.8 Å². The van der Waals surface area contributed by atoms with Crippen LogP contribution < -0.4 is 16.4 Å². The van der Waals surface area contributed by atoms with Gasteiger partial charge in [0.1, 0.15) is 11.9 Å². The van der Waals surface area contributed by atoms with E-state index in [-0.39, 0.29) is 23.4 Å². The van der Waals surface area contributed by atoms with Crippen molar-refractivity contribution in [2.24, 2.45) is 11.7 Å². The van der Waals surface area contributed by atoms with Gasteiger partial charge >= 0.3 is 0 Å². The highest BCUT2D eigenvalue weighted by Crippen LogP contribution is 2.09. The van der Waals surface area contributed by atoms with Crippen LogP contribution in [0.4, 0.5) is 4.39 Å². The van der Waals surface area contributed by atoms with Crippen LogP contribution in [0.2, 0.25) is 0 Å². The first kappa shape index (κ1) is 20.1. The Balaban J connectivity index is 2.77. The molecule has 0 bridgehead atoms. The van der Waals surface area contributed by atoms with Gasteiger partial charge in [0.05, 0.1) is 5.56 Å². The third kappa shape index (κ3) is 5.92. The molecule has 1 aromatic carbocycles. The lowest BCUT2D eigenvalue weighted by molar-refractivity contribution is -0.124. The summed E-state index contributed by atoms with van der Waals surface area (Å²) >= 11 is 0. The third-order valence-corrected chi connectivity index (χ3v) is 3.89. The van der Waals surface area contributed by atoms with Crippen molar-refractivity contribution in [3.05, 3.63) is 35.6 Å². The summed E-state index contributed by atoms with van der Waals surface area (Å²) < 4.78 is 13.7. The average molecular weight is 337 g/mol. The van der Waals surface area contributed by atoms with E-state index in [1.807, 2.05) is 13.8 Å². The van der Waals surface area contributed by atoms with Crippen LogP contribution in [0.15, 0.2) is 24.3 Å². The normalized spacial score (nSPS) is 13.4. The van der Waals surface area contributed by atoms with Gasteiger partial charge in [-0.15, -0.1) is 0 Å². The molecular formula is C18H28FN3O2. The molecule has 0 aromatic heterocycles. The zero-order valence-electron chi connectivity index (χ0n) is 14.6. The lowest BCUT2D eigenvalue weighted by atomic mass is 10.0. The van der Waals surface area contributed by atoms with Crippen molar-refractivity contribution in [3.63, 3.8) is 0 Å². The van der Waals surface area contributed by atoms with Gasteiger partial charge < -0.3 is 16.4 Å². The molecule has 134 valence electrons.